The van der Waals surface area contributed by atoms with E-state index in [9.17, 15) is 5.11 Å². The van der Waals surface area contributed by atoms with Crippen LogP contribution in [0.25, 0.3) is 0 Å². The molecule has 154 valence electrons. The predicted octanol–water partition coefficient (Wildman–Crippen LogP) is 2.68. The van der Waals surface area contributed by atoms with E-state index >= 15 is 0 Å². The molecule has 6 nitrogen and oxygen atoms in total. The minimum Gasteiger partial charge on any atom is -0.491 e. The highest BCUT2D eigenvalue weighted by Gasteiger charge is 2.20. The molecule has 6 heteroatoms. The molecular weight excluding hydrogens is 352 g/mol. The molecule has 1 aromatic carbocycles. The first-order valence-electron chi connectivity index (χ1n) is 10.5. The van der Waals surface area contributed by atoms with Gasteiger partial charge in [-0.05, 0) is 32.0 Å². The number of nitrogens with one attached hydrogen (secondary N) is 1. The number of aliphatic hydroxyl groups excluding tert-OH is 1. The maximum atomic E-state index is 10.4. The first-order valence-corrected chi connectivity index (χ1v) is 10.5. The topological polar surface area (TPSA) is 62.6 Å². The first kappa shape index (κ1) is 20.8. The second-order valence-corrected chi connectivity index (χ2v) is 7.75. The van der Waals surface area contributed by atoms with E-state index in [-0.39, 0.29) is 0 Å². The van der Waals surface area contributed by atoms with Crippen LogP contribution in [0.1, 0.15) is 37.7 Å². The highest BCUT2D eigenvalue weighted by Crippen LogP contribution is 2.22. The Morgan fingerprint density at radius 2 is 2.07 bits per heavy atom. The van der Waals surface area contributed by atoms with Crippen molar-refractivity contribution in [3.8, 4) is 5.75 Å². The average Bonchev–Trinajstić information content (AvgIpc) is 3.24. The molecule has 0 saturated heterocycles. The van der Waals surface area contributed by atoms with Crippen LogP contribution in [0.15, 0.2) is 42.7 Å². The van der Waals surface area contributed by atoms with Crippen LogP contribution in [0.3, 0.4) is 0 Å². The number of hydrogen-bond acceptors (Lipinski definition) is 5. The van der Waals surface area contributed by atoms with Crippen LogP contribution in [-0.4, -0.2) is 58.7 Å². The van der Waals surface area contributed by atoms with Crippen molar-refractivity contribution in [1.29, 1.82) is 0 Å². The van der Waals surface area contributed by atoms with Crippen LogP contribution in [0.4, 0.5) is 0 Å². The van der Waals surface area contributed by atoms with E-state index in [1.165, 1.54) is 32.1 Å². The molecule has 1 aliphatic carbocycles. The normalized spacial score (nSPS) is 16.4. The van der Waals surface area contributed by atoms with Crippen LogP contribution in [0, 0.1) is 0 Å². The highest BCUT2D eigenvalue weighted by molar-refractivity contribution is 5.33. The number of benzene rings is 1. The summed E-state index contributed by atoms with van der Waals surface area (Å²) < 4.78 is 7.87. The van der Waals surface area contributed by atoms with Gasteiger partial charge in [-0.1, -0.05) is 37.5 Å². The van der Waals surface area contributed by atoms with Gasteiger partial charge in [-0.3, -0.25) is 4.68 Å². The van der Waals surface area contributed by atoms with Crippen molar-refractivity contribution in [3.63, 3.8) is 0 Å². The molecule has 28 heavy (non-hydrogen) atoms. The maximum absolute atomic E-state index is 10.4. The molecule has 0 radical (unpaired) electrons. The average molecular weight is 387 g/mol. The third kappa shape index (κ3) is 6.62. The Hall–Kier alpha value is -1.89. The maximum Gasteiger partial charge on any atom is 0.123 e. The third-order valence-electron chi connectivity index (χ3n) is 5.49. The fourth-order valence-corrected chi connectivity index (χ4v) is 3.88. The van der Waals surface area contributed by atoms with Gasteiger partial charge in [0.2, 0.25) is 0 Å². The summed E-state index contributed by atoms with van der Waals surface area (Å²) >= 11 is 0. The highest BCUT2D eigenvalue weighted by atomic mass is 16.5. The zero-order valence-electron chi connectivity index (χ0n) is 17.0. The van der Waals surface area contributed by atoms with Gasteiger partial charge in [0.15, 0.2) is 0 Å². The molecule has 1 fully saturated rings. The van der Waals surface area contributed by atoms with Crippen molar-refractivity contribution in [2.24, 2.45) is 0 Å². The Bertz CT molecular complexity index is 671. The van der Waals surface area contributed by atoms with Gasteiger partial charge in [-0.2, -0.15) is 5.10 Å². The third-order valence-corrected chi connectivity index (χ3v) is 5.49. The smallest absolute Gasteiger partial charge is 0.123 e. The van der Waals surface area contributed by atoms with Crippen molar-refractivity contribution < 1.29 is 9.84 Å². The second-order valence-electron chi connectivity index (χ2n) is 7.75. The molecule has 1 saturated carbocycles. The fourth-order valence-electron chi connectivity index (χ4n) is 3.88. The summed E-state index contributed by atoms with van der Waals surface area (Å²) in [5.74, 6) is 0.841. The lowest BCUT2D eigenvalue weighted by Gasteiger charge is -2.32. The van der Waals surface area contributed by atoms with Crippen LogP contribution >= 0.6 is 0 Å². The van der Waals surface area contributed by atoms with Crippen molar-refractivity contribution in [1.82, 2.24) is 20.0 Å². The molecule has 1 atom stereocenters. The van der Waals surface area contributed by atoms with E-state index < -0.39 is 6.10 Å². The lowest BCUT2D eigenvalue weighted by atomic mass is 9.94. The van der Waals surface area contributed by atoms with E-state index in [1.807, 2.05) is 35.1 Å². The molecule has 0 unspecified atom stereocenters. The lowest BCUT2D eigenvalue weighted by Crippen LogP contribution is -2.40. The van der Waals surface area contributed by atoms with Gasteiger partial charge in [0, 0.05) is 43.6 Å². The largest absolute Gasteiger partial charge is 0.491 e. The molecule has 3 rings (SSSR count). The summed E-state index contributed by atoms with van der Waals surface area (Å²) in [6, 6.07) is 10.6. The van der Waals surface area contributed by atoms with Gasteiger partial charge >= 0.3 is 0 Å². The van der Waals surface area contributed by atoms with Crippen molar-refractivity contribution in [3.05, 3.63) is 48.3 Å². The SMILES string of the molecule is CN(C[C@H](O)COc1ccccc1CNCCn1cccn1)C1CCCCC1. The van der Waals surface area contributed by atoms with Gasteiger partial charge in [0.1, 0.15) is 18.5 Å². The minimum absolute atomic E-state index is 0.321. The van der Waals surface area contributed by atoms with Gasteiger partial charge < -0.3 is 20.1 Å². The minimum atomic E-state index is -0.479. The molecule has 1 heterocycles. The van der Waals surface area contributed by atoms with Crippen molar-refractivity contribution in [2.75, 3.05) is 26.7 Å². The van der Waals surface area contributed by atoms with Crippen molar-refractivity contribution >= 4 is 0 Å². The number of ether oxygens (including phenoxy) is 1. The van der Waals surface area contributed by atoms with Gasteiger partial charge in [0.05, 0.1) is 6.54 Å². The molecule has 0 aliphatic heterocycles. The van der Waals surface area contributed by atoms with E-state index in [4.69, 9.17) is 4.74 Å². The van der Waals surface area contributed by atoms with E-state index in [0.29, 0.717) is 19.2 Å². The molecule has 2 aromatic rings. The van der Waals surface area contributed by atoms with Gasteiger partial charge in [-0.15, -0.1) is 0 Å². The first-order chi connectivity index (χ1) is 13.7. The Morgan fingerprint density at radius 3 is 2.86 bits per heavy atom. The Labute approximate surface area is 168 Å². The number of aliphatic hydroxyl groups is 1. The van der Waals surface area contributed by atoms with Crippen LogP contribution in [-0.2, 0) is 13.1 Å². The summed E-state index contributed by atoms with van der Waals surface area (Å²) in [7, 11) is 2.12. The predicted molar refractivity (Wildman–Crippen MR) is 111 cm³/mol. The number of nitrogens with zero attached hydrogens (tertiary/aromatic N) is 3. The molecule has 1 aromatic heterocycles. The zero-order valence-corrected chi connectivity index (χ0v) is 17.0. The molecule has 1 aliphatic rings. The number of hydrogen-bond donors (Lipinski definition) is 2. The Morgan fingerprint density at radius 1 is 1.25 bits per heavy atom. The summed E-state index contributed by atoms with van der Waals surface area (Å²) in [4.78, 5) is 2.30. The Balaban J connectivity index is 1.40. The number of likely N-dealkylation sites (N-methyl/N-ethyl adjacent to an activating group) is 1. The van der Waals surface area contributed by atoms with E-state index in [0.717, 1.165) is 30.9 Å². The van der Waals surface area contributed by atoms with E-state index in [1.54, 1.807) is 6.20 Å². The molecule has 2 N–H and O–H groups in total. The number of para-hydroxylation sites is 1. The zero-order chi connectivity index (χ0) is 19.6. The summed E-state index contributed by atoms with van der Waals surface area (Å²) in [6.45, 7) is 3.39. The quantitative estimate of drug-likeness (QED) is 0.582. The van der Waals surface area contributed by atoms with Crippen LogP contribution < -0.4 is 10.1 Å². The molecule has 0 spiro atoms. The molecule has 0 bridgehead atoms. The summed E-state index contributed by atoms with van der Waals surface area (Å²) in [5.41, 5.74) is 1.11. The second kappa shape index (κ2) is 11.2. The van der Waals surface area contributed by atoms with Crippen LogP contribution in [0.2, 0.25) is 0 Å². The van der Waals surface area contributed by atoms with Gasteiger partial charge in [-0.25, -0.2) is 0 Å². The van der Waals surface area contributed by atoms with Crippen LogP contribution in [0.5, 0.6) is 5.75 Å². The fraction of sp³-hybridized carbons (Fsp3) is 0.591. The monoisotopic (exact) mass is 386 g/mol. The summed E-state index contributed by atoms with van der Waals surface area (Å²) in [5, 5.41) is 18.1. The Kier molecular flexibility index (Phi) is 8.33. The number of rotatable bonds is 11. The van der Waals surface area contributed by atoms with Gasteiger partial charge in [0.25, 0.3) is 0 Å². The lowest BCUT2D eigenvalue weighted by molar-refractivity contribution is 0.0558. The number of aromatic nitrogens is 2. The molecule has 0 amide bonds. The standard InChI is InChI=1S/C22H34N4O2/c1-25(20-9-3-2-4-10-20)17-21(27)18-28-22-11-6-5-8-19(22)16-23-13-15-26-14-7-12-24-26/h5-8,11-12,14,20-21,23,27H,2-4,9-10,13,15-18H2,1H3/t21-/m0/s1. The molecular formula is C22H34N4O2. The summed E-state index contributed by atoms with van der Waals surface area (Å²) in [6.07, 6.45) is 9.74. The van der Waals surface area contributed by atoms with E-state index in [2.05, 4.69) is 28.4 Å². The van der Waals surface area contributed by atoms with Crippen molar-refractivity contribution in [2.45, 2.75) is 57.3 Å².